The number of allylic oxidation sites excluding steroid dienone is 6. The van der Waals surface area contributed by atoms with Crippen molar-refractivity contribution in [3.63, 3.8) is 0 Å². The fraction of sp³-hybridized carbons (Fsp3) is 0.611. The van der Waals surface area contributed by atoms with Crippen LogP contribution in [0.15, 0.2) is 36.5 Å². The Morgan fingerprint density at radius 2 is 1.33 bits per heavy atom. The van der Waals surface area contributed by atoms with Crippen molar-refractivity contribution in [1.82, 2.24) is 0 Å². The van der Waals surface area contributed by atoms with Crippen LogP contribution < -0.4 is 0 Å². The Kier molecular flexibility index (Phi) is 21.0. The number of carboxylic acid groups (broad SMARTS) is 1. The second-order valence-corrected chi connectivity index (χ2v) is 5.08. The molecule has 0 saturated heterocycles. The van der Waals surface area contributed by atoms with E-state index in [1.807, 2.05) is 0 Å². The number of hydrogen-bond acceptors (Lipinski definition) is 1. The van der Waals surface area contributed by atoms with Crippen LogP contribution in [0, 0.1) is 0 Å². The second kappa shape index (κ2) is 19.4. The molecule has 21 heavy (non-hydrogen) atoms. The molecule has 0 fully saturated rings. The predicted molar refractivity (Wildman–Crippen MR) is 86.9 cm³/mol. The Hall–Kier alpha value is -0.570. The van der Waals surface area contributed by atoms with Crippen molar-refractivity contribution < 1.29 is 32.3 Å². The smallest absolute Gasteiger partial charge is 0.303 e. The minimum absolute atomic E-state index is 0. The third kappa shape index (κ3) is 21.9. The van der Waals surface area contributed by atoms with Gasteiger partial charge in [0.25, 0.3) is 0 Å². The van der Waals surface area contributed by atoms with Crippen LogP contribution in [-0.2, 0) is 27.2 Å². The van der Waals surface area contributed by atoms with E-state index in [4.69, 9.17) is 5.11 Å². The van der Waals surface area contributed by atoms with Gasteiger partial charge < -0.3 is 5.11 Å². The first kappa shape index (κ1) is 22.7. The standard InChI is InChI=1S/C18H30O2.Ag/c1-2-3-4-5-6-7-8-9-10-11-12-13-14-15-16-17-18(19)20;/h4-9H,2-3,10-17H2,1H3,(H,19,20);. The summed E-state index contributed by atoms with van der Waals surface area (Å²) in [5, 5.41) is 8.50. The first-order valence-corrected chi connectivity index (χ1v) is 7.97. The van der Waals surface area contributed by atoms with Gasteiger partial charge in [-0.25, -0.2) is 0 Å². The molecular weight excluding hydrogens is 356 g/mol. The molecule has 1 N–H and O–H groups in total. The molecule has 0 aliphatic rings. The van der Waals surface area contributed by atoms with Crippen molar-refractivity contribution in [2.45, 2.75) is 71.1 Å². The van der Waals surface area contributed by atoms with Crippen molar-refractivity contribution in [3.05, 3.63) is 36.5 Å². The van der Waals surface area contributed by atoms with E-state index in [0.29, 0.717) is 6.42 Å². The zero-order chi connectivity index (χ0) is 14.9. The summed E-state index contributed by atoms with van der Waals surface area (Å²) >= 11 is 0. The molecule has 0 heterocycles. The number of unbranched alkanes of at least 4 members (excludes halogenated alkanes) is 7. The first-order chi connectivity index (χ1) is 9.77. The Balaban J connectivity index is 0. The van der Waals surface area contributed by atoms with E-state index in [2.05, 4.69) is 43.4 Å². The Labute approximate surface area is 145 Å². The molecule has 3 heteroatoms. The zero-order valence-electron chi connectivity index (χ0n) is 13.2. The molecule has 0 aliphatic heterocycles. The molecular formula is C18H30AgO2. The molecule has 0 aromatic carbocycles. The maximum absolute atomic E-state index is 10.3. The number of carbonyl (C=O) groups is 1. The van der Waals surface area contributed by atoms with E-state index in [9.17, 15) is 4.79 Å². The summed E-state index contributed by atoms with van der Waals surface area (Å²) in [4.78, 5) is 10.3. The summed E-state index contributed by atoms with van der Waals surface area (Å²) in [7, 11) is 0. The molecule has 0 aromatic heterocycles. The van der Waals surface area contributed by atoms with Crippen LogP contribution in [0.2, 0.25) is 0 Å². The van der Waals surface area contributed by atoms with Crippen LogP contribution in [0.4, 0.5) is 0 Å². The monoisotopic (exact) mass is 385 g/mol. The van der Waals surface area contributed by atoms with Gasteiger partial charge in [0, 0.05) is 28.8 Å². The molecule has 0 unspecified atom stereocenters. The van der Waals surface area contributed by atoms with Gasteiger partial charge in [-0.15, -0.1) is 0 Å². The van der Waals surface area contributed by atoms with Gasteiger partial charge in [0.2, 0.25) is 0 Å². The van der Waals surface area contributed by atoms with Gasteiger partial charge in [-0.2, -0.15) is 0 Å². The molecule has 0 spiro atoms. The molecule has 0 amide bonds. The van der Waals surface area contributed by atoms with Crippen LogP contribution in [0.3, 0.4) is 0 Å². The van der Waals surface area contributed by atoms with Crippen LogP contribution in [0.5, 0.6) is 0 Å². The molecule has 0 aliphatic carbocycles. The maximum atomic E-state index is 10.3. The van der Waals surface area contributed by atoms with E-state index in [1.165, 1.54) is 32.1 Å². The fourth-order valence-corrected chi connectivity index (χ4v) is 1.89. The summed E-state index contributed by atoms with van der Waals surface area (Å²) in [5.74, 6) is -0.673. The van der Waals surface area contributed by atoms with Crippen LogP contribution >= 0.6 is 0 Å². The van der Waals surface area contributed by atoms with E-state index >= 15 is 0 Å². The van der Waals surface area contributed by atoms with Gasteiger partial charge in [0.1, 0.15) is 0 Å². The normalized spacial score (nSPS) is 11.5. The minimum Gasteiger partial charge on any atom is -0.481 e. The molecule has 0 bridgehead atoms. The Morgan fingerprint density at radius 1 is 0.810 bits per heavy atom. The molecule has 0 aromatic rings. The first-order valence-electron chi connectivity index (χ1n) is 7.97. The van der Waals surface area contributed by atoms with E-state index in [0.717, 1.165) is 25.7 Å². The van der Waals surface area contributed by atoms with Crippen LogP contribution in [0.25, 0.3) is 0 Å². The average Bonchev–Trinajstić information content (AvgIpc) is 2.43. The Bertz CT molecular complexity index is 306. The van der Waals surface area contributed by atoms with Crippen molar-refractivity contribution in [2.24, 2.45) is 0 Å². The molecule has 2 nitrogen and oxygen atoms in total. The van der Waals surface area contributed by atoms with E-state index in [-0.39, 0.29) is 22.4 Å². The summed E-state index contributed by atoms with van der Waals surface area (Å²) < 4.78 is 0. The topological polar surface area (TPSA) is 37.3 Å². The van der Waals surface area contributed by atoms with Gasteiger partial charge in [0.15, 0.2) is 0 Å². The number of hydrogen-bond donors (Lipinski definition) is 1. The van der Waals surface area contributed by atoms with Gasteiger partial charge in [-0.1, -0.05) is 75.5 Å². The Morgan fingerprint density at radius 3 is 1.90 bits per heavy atom. The second-order valence-electron chi connectivity index (χ2n) is 5.08. The minimum atomic E-state index is -0.673. The summed E-state index contributed by atoms with van der Waals surface area (Å²) in [6.45, 7) is 2.18. The average molecular weight is 386 g/mol. The third-order valence-electron chi connectivity index (χ3n) is 3.07. The summed E-state index contributed by atoms with van der Waals surface area (Å²) in [5.41, 5.74) is 0. The van der Waals surface area contributed by atoms with Crippen molar-refractivity contribution >= 4 is 5.97 Å². The maximum Gasteiger partial charge on any atom is 0.303 e. The number of rotatable bonds is 13. The quantitative estimate of drug-likeness (QED) is 0.252. The van der Waals surface area contributed by atoms with Gasteiger partial charge in [0.05, 0.1) is 0 Å². The molecule has 0 saturated carbocycles. The van der Waals surface area contributed by atoms with Gasteiger partial charge >= 0.3 is 5.97 Å². The molecule has 0 rings (SSSR count). The van der Waals surface area contributed by atoms with Gasteiger partial charge in [-0.05, 0) is 25.7 Å². The van der Waals surface area contributed by atoms with Crippen molar-refractivity contribution in [3.8, 4) is 0 Å². The van der Waals surface area contributed by atoms with E-state index in [1.54, 1.807) is 0 Å². The number of aliphatic carboxylic acids is 1. The third-order valence-corrected chi connectivity index (χ3v) is 3.07. The predicted octanol–water partition coefficient (Wildman–Crippen LogP) is 5.66. The van der Waals surface area contributed by atoms with E-state index < -0.39 is 5.97 Å². The van der Waals surface area contributed by atoms with Crippen LogP contribution in [0.1, 0.15) is 71.1 Å². The molecule has 125 valence electrons. The summed E-state index contributed by atoms with van der Waals surface area (Å²) in [6, 6.07) is 0. The van der Waals surface area contributed by atoms with Crippen molar-refractivity contribution in [1.29, 1.82) is 0 Å². The molecule has 1 radical (unpaired) electrons. The van der Waals surface area contributed by atoms with Crippen molar-refractivity contribution in [2.75, 3.05) is 0 Å². The number of carboxylic acids is 1. The summed E-state index contributed by atoms with van der Waals surface area (Å²) in [6.07, 6.45) is 23.3. The SMILES string of the molecule is CCCC=CC=CC=CCCCCCCCCC(=O)O.[Ag]. The van der Waals surface area contributed by atoms with Crippen LogP contribution in [-0.4, -0.2) is 11.1 Å². The largest absolute Gasteiger partial charge is 0.481 e. The fourth-order valence-electron chi connectivity index (χ4n) is 1.89. The molecule has 0 atom stereocenters. The zero-order valence-corrected chi connectivity index (χ0v) is 14.7. The van der Waals surface area contributed by atoms with Gasteiger partial charge in [-0.3, -0.25) is 4.79 Å².